The number of hydrogen-bond acceptors (Lipinski definition) is 3. The number of likely N-dealkylation sites (N-methyl/N-ethyl adjacent to an activating group) is 1. The van der Waals surface area contributed by atoms with Gasteiger partial charge in [0.05, 0.1) is 11.4 Å². The second-order valence-corrected chi connectivity index (χ2v) is 6.38. The Morgan fingerprint density at radius 2 is 1.78 bits per heavy atom. The summed E-state index contributed by atoms with van der Waals surface area (Å²) >= 11 is 0. The topological polar surface area (TPSA) is 32.8 Å². The van der Waals surface area contributed by atoms with Crippen LogP contribution in [0.5, 0.6) is 0 Å². The smallest absolute Gasteiger partial charge is 0.445 e. The third-order valence-corrected chi connectivity index (χ3v) is 3.35. The predicted octanol–water partition coefficient (Wildman–Crippen LogP) is -0.0637. The van der Waals surface area contributed by atoms with E-state index >= 15 is 0 Å². The largest absolute Gasteiger partial charge is 1.00 e. The standard InChI is InChI=1S/C14H19BF3N2O2.K/c1-14(2,3)22-13(21)20-8-7-19(4)11-6-5-10(9-12(11)20)15(16,17)18;/h5-6,9H,7-8H2,1-4H3;/q-1;+1. The molecular formula is C14H19BF3KN2O2. The molecule has 122 valence electrons. The van der Waals surface area contributed by atoms with E-state index in [0.29, 0.717) is 12.2 Å². The number of fused-ring (bicyclic) bond motifs is 1. The van der Waals surface area contributed by atoms with E-state index in [2.05, 4.69) is 0 Å². The fourth-order valence-corrected chi connectivity index (χ4v) is 2.28. The zero-order chi connectivity index (χ0) is 16.7. The van der Waals surface area contributed by atoms with Crippen LogP contribution in [0.2, 0.25) is 0 Å². The molecule has 0 saturated heterocycles. The number of benzene rings is 1. The van der Waals surface area contributed by atoms with Crippen molar-refractivity contribution in [3.05, 3.63) is 18.2 Å². The zero-order valence-corrected chi connectivity index (χ0v) is 17.2. The van der Waals surface area contributed by atoms with Crippen LogP contribution in [-0.2, 0) is 4.74 Å². The van der Waals surface area contributed by atoms with Crippen LogP contribution in [0.15, 0.2) is 18.2 Å². The molecule has 2 rings (SSSR count). The summed E-state index contributed by atoms with van der Waals surface area (Å²) in [4.78, 5) is 15.3. The van der Waals surface area contributed by atoms with Crippen molar-refractivity contribution >= 4 is 29.9 Å². The number of anilines is 2. The van der Waals surface area contributed by atoms with E-state index in [0.717, 1.165) is 12.1 Å². The molecule has 0 aliphatic carbocycles. The van der Waals surface area contributed by atoms with Gasteiger partial charge < -0.3 is 22.6 Å². The third kappa shape index (κ3) is 5.12. The van der Waals surface area contributed by atoms with Crippen molar-refractivity contribution in [2.24, 2.45) is 0 Å². The third-order valence-electron chi connectivity index (χ3n) is 3.35. The van der Waals surface area contributed by atoms with E-state index in [9.17, 15) is 17.7 Å². The van der Waals surface area contributed by atoms with Crippen molar-refractivity contribution in [3.8, 4) is 0 Å². The van der Waals surface area contributed by atoms with Crippen LogP contribution in [0.3, 0.4) is 0 Å². The first-order valence-corrected chi connectivity index (χ1v) is 7.04. The van der Waals surface area contributed by atoms with Gasteiger partial charge in [0.1, 0.15) is 5.60 Å². The summed E-state index contributed by atoms with van der Waals surface area (Å²) in [6.45, 7) is 0.858. The van der Waals surface area contributed by atoms with Crippen molar-refractivity contribution in [1.82, 2.24) is 0 Å². The van der Waals surface area contributed by atoms with E-state index < -0.39 is 24.1 Å². The summed E-state index contributed by atoms with van der Waals surface area (Å²) in [5.41, 5.74) is -0.602. The molecule has 23 heavy (non-hydrogen) atoms. The Morgan fingerprint density at radius 1 is 1.17 bits per heavy atom. The van der Waals surface area contributed by atoms with E-state index in [4.69, 9.17) is 4.74 Å². The van der Waals surface area contributed by atoms with Gasteiger partial charge in [0.15, 0.2) is 0 Å². The van der Waals surface area contributed by atoms with E-state index in [1.165, 1.54) is 11.0 Å². The van der Waals surface area contributed by atoms with Crippen molar-refractivity contribution in [1.29, 1.82) is 0 Å². The van der Waals surface area contributed by atoms with Gasteiger partial charge in [0, 0.05) is 20.1 Å². The maximum atomic E-state index is 13.0. The maximum absolute atomic E-state index is 13.0. The van der Waals surface area contributed by atoms with Gasteiger partial charge in [0.2, 0.25) is 0 Å². The average molecular weight is 354 g/mol. The number of hydrogen-bond donors (Lipinski definition) is 0. The first kappa shape index (κ1) is 20.8. The number of carbonyl (C=O) groups is 1. The van der Waals surface area contributed by atoms with Crippen molar-refractivity contribution in [2.45, 2.75) is 26.4 Å². The quantitative estimate of drug-likeness (QED) is 0.663. The maximum Gasteiger partial charge on any atom is 1.00 e. The Bertz CT molecular complexity index is 590. The predicted molar refractivity (Wildman–Crippen MR) is 82.0 cm³/mol. The average Bonchev–Trinajstić information content (AvgIpc) is 2.35. The van der Waals surface area contributed by atoms with Gasteiger partial charge in [-0.05, 0) is 26.8 Å². The Hall–Kier alpha value is -0.219. The van der Waals surface area contributed by atoms with Crippen LogP contribution in [-0.4, -0.2) is 38.8 Å². The molecule has 1 aliphatic rings. The van der Waals surface area contributed by atoms with Crippen molar-refractivity contribution < 1.29 is 73.9 Å². The molecule has 0 saturated carbocycles. The minimum Gasteiger partial charge on any atom is -0.445 e. The first-order chi connectivity index (χ1) is 9.99. The minimum atomic E-state index is -5.11. The summed E-state index contributed by atoms with van der Waals surface area (Å²) < 4.78 is 44.2. The Kier molecular flexibility index (Phi) is 6.65. The molecule has 1 amide bonds. The fourth-order valence-electron chi connectivity index (χ4n) is 2.28. The Morgan fingerprint density at radius 3 is 2.30 bits per heavy atom. The van der Waals surface area contributed by atoms with Gasteiger partial charge in [-0.3, -0.25) is 4.90 Å². The molecule has 1 aromatic rings. The van der Waals surface area contributed by atoms with Crippen molar-refractivity contribution in [3.63, 3.8) is 0 Å². The van der Waals surface area contributed by atoms with Gasteiger partial charge in [-0.15, -0.1) is 5.46 Å². The number of ether oxygens (including phenoxy) is 1. The molecule has 9 heteroatoms. The number of rotatable bonds is 1. The van der Waals surface area contributed by atoms with E-state index in [1.54, 1.807) is 27.8 Å². The summed E-state index contributed by atoms with van der Waals surface area (Å²) in [7, 11) is 1.78. The number of amides is 1. The molecule has 1 aromatic carbocycles. The molecule has 0 radical (unpaired) electrons. The van der Waals surface area contributed by atoms with Crippen LogP contribution in [0, 0.1) is 0 Å². The second-order valence-electron chi connectivity index (χ2n) is 6.38. The molecule has 0 bridgehead atoms. The van der Waals surface area contributed by atoms with Gasteiger partial charge in [0.25, 0.3) is 0 Å². The van der Waals surface area contributed by atoms with Gasteiger partial charge in [-0.25, -0.2) is 4.79 Å². The molecule has 0 atom stereocenters. The van der Waals surface area contributed by atoms with E-state index in [1.807, 2.05) is 4.90 Å². The van der Waals surface area contributed by atoms with Crippen LogP contribution in [0.4, 0.5) is 29.1 Å². The minimum absolute atomic E-state index is 0. The van der Waals surface area contributed by atoms with Crippen LogP contribution < -0.4 is 66.6 Å². The molecule has 0 N–H and O–H groups in total. The second kappa shape index (κ2) is 7.35. The summed E-state index contributed by atoms with van der Waals surface area (Å²) in [6.07, 6.45) is -0.631. The Labute approximate surface area is 176 Å². The molecule has 1 aliphatic heterocycles. The number of halogens is 3. The monoisotopic (exact) mass is 354 g/mol. The fraction of sp³-hybridized carbons (Fsp3) is 0.500. The normalized spacial score (nSPS) is 14.9. The molecular weight excluding hydrogens is 335 g/mol. The summed E-state index contributed by atoms with van der Waals surface area (Å²) in [5, 5.41) is 0. The SMILES string of the molecule is CN1CCN(C(=O)OC(C)(C)C)c2cc([B-](F)(F)F)ccc21.[K+]. The molecule has 1 heterocycles. The van der Waals surface area contributed by atoms with Gasteiger partial charge in [-0.2, -0.15) is 0 Å². The summed E-state index contributed by atoms with van der Waals surface area (Å²) in [5.74, 6) is 0. The van der Waals surface area contributed by atoms with Crippen LogP contribution in [0.25, 0.3) is 0 Å². The van der Waals surface area contributed by atoms with Crippen LogP contribution >= 0.6 is 0 Å². The molecule has 0 fully saturated rings. The Balaban J connectivity index is 0.00000264. The number of carbonyl (C=O) groups excluding carboxylic acids is 1. The molecule has 0 aromatic heterocycles. The molecule has 4 nitrogen and oxygen atoms in total. The van der Waals surface area contributed by atoms with E-state index in [-0.39, 0.29) is 63.6 Å². The van der Waals surface area contributed by atoms with Crippen LogP contribution in [0.1, 0.15) is 20.8 Å². The van der Waals surface area contributed by atoms with Gasteiger partial charge >= 0.3 is 64.5 Å². The van der Waals surface area contributed by atoms with Crippen molar-refractivity contribution in [2.75, 3.05) is 29.9 Å². The van der Waals surface area contributed by atoms with Gasteiger partial charge in [-0.1, -0.05) is 12.1 Å². The zero-order valence-electron chi connectivity index (χ0n) is 14.1. The first-order valence-electron chi connectivity index (χ1n) is 7.04. The molecule has 0 unspecified atom stereocenters. The number of nitrogens with zero attached hydrogens (tertiary/aromatic N) is 2. The summed E-state index contributed by atoms with van der Waals surface area (Å²) in [6, 6.07) is 3.47. The molecule has 0 spiro atoms.